The number of aromatic nitrogens is 2. The molecule has 0 radical (unpaired) electrons. The van der Waals surface area contributed by atoms with Crippen molar-refractivity contribution in [3.8, 4) is 22.5 Å². The first-order valence-corrected chi connectivity index (χ1v) is 21.2. The van der Waals surface area contributed by atoms with Crippen LogP contribution in [-0.2, 0) is 0 Å². The van der Waals surface area contributed by atoms with Crippen LogP contribution in [0.4, 0.5) is 17.1 Å². The maximum atomic E-state index is 7.38. The van der Waals surface area contributed by atoms with Crippen molar-refractivity contribution < 1.29 is 0 Å². The second-order valence-electron chi connectivity index (χ2n) is 14.0. The average molecular weight is 785 g/mol. The van der Waals surface area contributed by atoms with E-state index in [1.165, 1.54) is 44.5 Å². The standard InChI is InChI=1S/C49H36N4.C3H6.C2H6S/c1-35(12-11-32-50)36-19-23-41(24-20-36)52(42-25-21-38(22-26-42)37-13-5-2-6-14-37)43-27-29-48-46(34-43)44-28-30-47-45(31-33-51(47)39-15-7-3-8-16-39)49(44)53(48)40-17-9-4-10-18-40;2*1-3-2/h2-34,50H,1H2;3H,1H2,2H3;1-2H3/b12-11-,50-32?;;. The zero-order valence-electron chi connectivity index (χ0n) is 33.8. The van der Waals surface area contributed by atoms with Gasteiger partial charge in [0.25, 0.3) is 0 Å². The van der Waals surface area contributed by atoms with E-state index in [4.69, 9.17) is 5.41 Å². The molecule has 0 saturated carbocycles. The predicted molar refractivity (Wildman–Crippen MR) is 260 cm³/mol. The van der Waals surface area contributed by atoms with E-state index in [-0.39, 0.29) is 0 Å². The topological polar surface area (TPSA) is 37.0 Å². The summed E-state index contributed by atoms with van der Waals surface area (Å²) in [6.45, 7) is 9.46. The monoisotopic (exact) mass is 784 g/mol. The summed E-state index contributed by atoms with van der Waals surface area (Å²) in [7, 11) is 0. The van der Waals surface area contributed by atoms with Gasteiger partial charge in [0, 0.05) is 57.0 Å². The summed E-state index contributed by atoms with van der Waals surface area (Å²) in [6.07, 6.45) is 12.8. The summed E-state index contributed by atoms with van der Waals surface area (Å²) < 4.78 is 4.68. The molecule has 2 aromatic heterocycles. The molecule has 0 aliphatic rings. The maximum absolute atomic E-state index is 7.38. The Balaban J connectivity index is 0.000000832. The Morgan fingerprint density at radius 2 is 1.12 bits per heavy atom. The summed E-state index contributed by atoms with van der Waals surface area (Å²) >= 11 is 1.75. The lowest BCUT2D eigenvalue weighted by Crippen LogP contribution is -2.10. The number of para-hydroxylation sites is 2. The Kier molecular flexibility index (Phi) is 12.9. The number of anilines is 3. The zero-order valence-corrected chi connectivity index (χ0v) is 34.6. The first kappa shape index (κ1) is 40.1. The normalized spacial score (nSPS) is 10.8. The van der Waals surface area contributed by atoms with Crippen LogP contribution in [0.25, 0.3) is 60.8 Å². The second kappa shape index (κ2) is 18.9. The number of nitrogens with one attached hydrogen (secondary N) is 1. The Bertz CT molecular complexity index is 2850. The Labute approximate surface area is 352 Å². The molecule has 1 N–H and O–H groups in total. The number of hydrogen-bond acceptors (Lipinski definition) is 3. The lowest BCUT2D eigenvalue weighted by atomic mass is 10.0. The number of hydrogen-bond donors (Lipinski definition) is 1. The highest BCUT2D eigenvalue weighted by atomic mass is 32.2. The zero-order chi connectivity index (χ0) is 41.1. The highest BCUT2D eigenvalue weighted by Gasteiger charge is 2.20. The molecule has 59 heavy (non-hydrogen) atoms. The molecular weight excluding hydrogens is 737 g/mol. The Morgan fingerprint density at radius 3 is 1.73 bits per heavy atom. The van der Waals surface area contributed by atoms with E-state index < -0.39 is 0 Å². The van der Waals surface area contributed by atoms with Crippen LogP contribution in [0, 0.1) is 5.41 Å². The molecule has 2 heterocycles. The van der Waals surface area contributed by atoms with Gasteiger partial charge in [0.2, 0.25) is 0 Å². The third-order valence-electron chi connectivity index (χ3n) is 10.0. The highest BCUT2D eigenvalue weighted by molar-refractivity contribution is 7.97. The number of rotatable bonds is 9. The van der Waals surface area contributed by atoms with Gasteiger partial charge < -0.3 is 19.4 Å². The van der Waals surface area contributed by atoms with Crippen molar-refractivity contribution >= 4 is 73.3 Å². The molecular formula is C54H48N4S. The van der Waals surface area contributed by atoms with Crippen molar-refractivity contribution in [2.45, 2.75) is 6.92 Å². The fourth-order valence-corrected chi connectivity index (χ4v) is 7.48. The molecule has 0 amide bonds. The third-order valence-corrected chi connectivity index (χ3v) is 10.0. The van der Waals surface area contributed by atoms with Gasteiger partial charge in [0.1, 0.15) is 0 Å². The van der Waals surface area contributed by atoms with Crippen LogP contribution < -0.4 is 4.90 Å². The van der Waals surface area contributed by atoms with E-state index in [9.17, 15) is 0 Å². The van der Waals surface area contributed by atoms with Crippen molar-refractivity contribution in [1.29, 1.82) is 5.41 Å². The van der Waals surface area contributed by atoms with E-state index >= 15 is 0 Å². The van der Waals surface area contributed by atoms with Crippen LogP contribution in [-0.4, -0.2) is 27.9 Å². The van der Waals surface area contributed by atoms with Gasteiger partial charge in [0.05, 0.1) is 16.6 Å². The quantitative estimate of drug-likeness (QED) is 0.0899. The van der Waals surface area contributed by atoms with Gasteiger partial charge in [0.15, 0.2) is 0 Å². The molecule has 0 bridgehead atoms. The molecule has 7 aromatic carbocycles. The van der Waals surface area contributed by atoms with Gasteiger partial charge in [-0.3, -0.25) is 0 Å². The van der Waals surface area contributed by atoms with E-state index in [1.807, 2.05) is 31.6 Å². The summed E-state index contributed by atoms with van der Waals surface area (Å²) in [5.74, 6) is 0. The van der Waals surface area contributed by atoms with Gasteiger partial charge in [-0.1, -0.05) is 116 Å². The maximum Gasteiger partial charge on any atom is 0.0635 e. The molecule has 0 spiro atoms. The molecule has 9 aromatic rings. The molecule has 0 atom stereocenters. The van der Waals surface area contributed by atoms with E-state index in [0.29, 0.717) is 0 Å². The number of thioether (sulfide) groups is 1. The molecule has 9 rings (SSSR count). The molecule has 0 aliphatic carbocycles. The summed E-state index contributed by atoms with van der Waals surface area (Å²) in [6, 6.07) is 62.6. The van der Waals surface area contributed by atoms with Gasteiger partial charge in [-0.2, -0.15) is 11.8 Å². The molecule has 290 valence electrons. The fourth-order valence-electron chi connectivity index (χ4n) is 7.48. The first-order chi connectivity index (χ1) is 29.0. The Morgan fingerprint density at radius 1 is 0.593 bits per heavy atom. The van der Waals surface area contributed by atoms with Crippen molar-refractivity contribution in [1.82, 2.24) is 9.13 Å². The second-order valence-corrected chi connectivity index (χ2v) is 14.8. The summed E-state index contributed by atoms with van der Waals surface area (Å²) in [5, 5.41) is 11.0. The number of allylic oxidation sites excluding steroid dienone is 4. The number of benzene rings is 7. The smallest absolute Gasteiger partial charge is 0.0635 e. The Hall–Kier alpha value is -7.08. The molecule has 4 nitrogen and oxygen atoms in total. The minimum absolute atomic E-state index is 0.862. The van der Waals surface area contributed by atoms with Crippen LogP contribution in [0.15, 0.2) is 214 Å². The lowest BCUT2D eigenvalue weighted by molar-refractivity contribution is 1.13. The summed E-state index contributed by atoms with van der Waals surface area (Å²) in [5.41, 5.74) is 13.2. The van der Waals surface area contributed by atoms with Gasteiger partial charge >= 0.3 is 0 Å². The molecule has 0 unspecified atom stereocenters. The van der Waals surface area contributed by atoms with Gasteiger partial charge in [-0.15, -0.1) is 6.58 Å². The van der Waals surface area contributed by atoms with Crippen molar-refractivity contribution in [2.24, 2.45) is 0 Å². The molecule has 0 saturated heterocycles. The SMILES string of the molecule is C=C(/C=C\C=N)c1ccc(N(c2ccc(-c3ccccc3)cc2)c2ccc3c(c2)c2ccc4c(ccn4-c4ccccc4)c2n3-c2ccccc2)cc1.C=CC.CSC. The first-order valence-electron chi connectivity index (χ1n) is 19.6. The van der Waals surface area contributed by atoms with Crippen LogP contribution in [0.5, 0.6) is 0 Å². The molecule has 0 aliphatic heterocycles. The minimum atomic E-state index is 0.862. The van der Waals surface area contributed by atoms with Crippen LogP contribution >= 0.6 is 11.8 Å². The number of fused-ring (bicyclic) bond motifs is 5. The highest BCUT2D eigenvalue weighted by Crippen LogP contribution is 2.42. The summed E-state index contributed by atoms with van der Waals surface area (Å²) in [4.78, 5) is 2.32. The largest absolute Gasteiger partial charge is 0.316 e. The van der Waals surface area contributed by atoms with Crippen molar-refractivity contribution in [3.63, 3.8) is 0 Å². The fraction of sp³-hybridized carbons (Fsp3) is 0.0556. The van der Waals surface area contributed by atoms with E-state index in [1.54, 1.807) is 23.9 Å². The molecule has 5 heteroatoms. The van der Waals surface area contributed by atoms with E-state index in [2.05, 4.69) is 203 Å². The van der Waals surface area contributed by atoms with Crippen LogP contribution in [0.3, 0.4) is 0 Å². The predicted octanol–water partition coefficient (Wildman–Crippen LogP) is 15.3. The third kappa shape index (κ3) is 8.47. The van der Waals surface area contributed by atoms with Gasteiger partial charge in [-0.05, 0) is 127 Å². The van der Waals surface area contributed by atoms with Gasteiger partial charge in [-0.25, -0.2) is 0 Å². The molecule has 0 fully saturated rings. The van der Waals surface area contributed by atoms with Crippen LogP contribution in [0.2, 0.25) is 0 Å². The van der Waals surface area contributed by atoms with Crippen molar-refractivity contribution in [3.05, 3.63) is 219 Å². The lowest BCUT2D eigenvalue weighted by Gasteiger charge is -2.26. The van der Waals surface area contributed by atoms with Crippen LogP contribution in [0.1, 0.15) is 12.5 Å². The van der Waals surface area contributed by atoms with Crippen molar-refractivity contribution in [2.75, 3.05) is 17.4 Å². The van der Waals surface area contributed by atoms with E-state index in [0.717, 1.165) is 45.1 Å². The minimum Gasteiger partial charge on any atom is -0.316 e. The number of nitrogens with zero attached hydrogens (tertiary/aromatic N) is 3. The average Bonchev–Trinajstić information content (AvgIpc) is 3.87.